The van der Waals surface area contributed by atoms with Gasteiger partial charge >= 0.3 is 0 Å². The minimum absolute atomic E-state index is 0.824. The van der Waals surface area contributed by atoms with Gasteiger partial charge in [0.1, 0.15) is 0 Å². The molecule has 90 valence electrons. The Morgan fingerprint density at radius 2 is 1.75 bits per heavy atom. The SMILES string of the molecule is COCCCCNc1c(Br)cc(Br)cc1Br. The van der Waals surface area contributed by atoms with E-state index in [9.17, 15) is 0 Å². The van der Waals surface area contributed by atoms with Gasteiger partial charge in [0.25, 0.3) is 0 Å². The van der Waals surface area contributed by atoms with Crippen LogP contribution in [-0.2, 0) is 4.74 Å². The zero-order valence-electron chi connectivity index (χ0n) is 9.03. The lowest BCUT2D eigenvalue weighted by molar-refractivity contribution is 0.194. The highest BCUT2D eigenvalue weighted by Gasteiger charge is 2.05. The zero-order chi connectivity index (χ0) is 12.0. The molecule has 0 unspecified atom stereocenters. The van der Waals surface area contributed by atoms with Crippen molar-refractivity contribution in [1.29, 1.82) is 0 Å². The fourth-order valence-electron chi connectivity index (χ4n) is 1.30. The second-order valence-corrected chi connectivity index (χ2v) is 6.00. The largest absolute Gasteiger partial charge is 0.385 e. The number of halogens is 3. The molecule has 0 saturated heterocycles. The Balaban J connectivity index is 2.47. The molecule has 0 atom stereocenters. The Morgan fingerprint density at radius 1 is 1.12 bits per heavy atom. The van der Waals surface area contributed by atoms with E-state index in [4.69, 9.17) is 4.74 Å². The lowest BCUT2D eigenvalue weighted by atomic mass is 10.3. The average Bonchev–Trinajstić information content (AvgIpc) is 2.20. The van der Waals surface area contributed by atoms with Gasteiger partial charge in [0.15, 0.2) is 0 Å². The van der Waals surface area contributed by atoms with Crippen LogP contribution in [0, 0.1) is 0 Å². The minimum atomic E-state index is 0.824. The molecule has 0 radical (unpaired) electrons. The van der Waals surface area contributed by atoms with Gasteiger partial charge in [0.05, 0.1) is 5.69 Å². The second-order valence-electron chi connectivity index (χ2n) is 3.37. The number of methoxy groups -OCH3 is 1. The van der Waals surface area contributed by atoms with Gasteiger partial charge < -0.3 is 10.1 Å². The van der Waals surface area contributed by atoms with Gasteiger partial charge in [0.2, 0.25) is 0 Å². The summed E-state index contributed by atoms with van der Waals surface area (Å²) < 4.78 is 8.17. The third-order valence-corrected chi connectivity index (χ3v) is 3.79. The molecule has 5 heteroatoms. The van der Waals surface area contributed by atoms with Gasteiger partial charge in [0, 0.05) is 33.7 Å². The van der Waals surface area contributed by atoms with E-state index in [0.29, 0.717) is 0 Å². The van der Waals surface area contributed by atoms with Crippen molar-refractivity contribution < 1.29 is 4.74 Å². The predicted octanol–water partition coefficient (Wildman–Crippen LogP) is 4.81. The highest BCUT2D eigenvalue weighted by molar-refractivity contribution is 9.11. The number of nitrogens with one attached hydrogen (secondary N) is 1. The van der Waals surface area contributed by atoms with Crippen molar-refractivity contribution in [2.45, 2.75) is 12.8 Å². The highest BCUT2D eigenvalue weighted by atomic mass is 79.9. The maximum Gasteiger partial charge on any atom is 0.0629 e. The molecular formula is C11H14Br3NO. The van der Waals surface area contributed by atoms with Gasteiger partial charge in [-0.2, -0.15) is 0 Å². The van der Waals surface area contributed by atoms with Crippen LogP contribution >= 0.6 is 47.8 Å². The summed E-state index contributed by atoms with van der Waals surface area (Å²) in [5, 5.41) is 3.40. The first kappa shape index (κ1) is 14.5. The quantitative estimate of drug-likeness (QED) is 0.673. The van der Waals surface area contributed by atoms with E-state index in [1.54, 1.807) is 7.11 Å². The summed E-state index contributed by atoms with van der Waals surface area (Å²) in [7, 11) is 1.73. The summed E-state index contributed by atoms with van der Waals surface area (Å²) in [4.78, 5) is 0. The molecule has 0 bridgehead atoms. The van der Waals surface area contributed by atoms with Crippen LogP contribution in [0.3, 0.4) is 0 Å². The number of ether oxygens (including phenoxy) is 1. The first-order chi connectivity index (χ1) is 7.65. The van der Waals surface area contributed by atoms with Crippen molar-refractivity contribution in [1.82, 2.24) is 0 Å². The second kappa shape index (κ2) is 7.69. The first-order valence-corrected chi connectivity index (χ1v) is 7.40. The number of hydrogen-bond donors (Lipinski definition) is 1. The molecule has 0 aliphatic rings. The van der Waals surface area contributed by atoms with E-state index in [2.05, 4.69) is 53.1 Å². The van der Waals surface area contributed by atoms with Gasteiger partial charge in [-0.15, -0.1) is 0 Å². The fraction of sp³-hybridized carbons (Fsp3) is 0.455. The van der Waals surface area contributed by atoms with E-state index in [0.717, 1.165) is 45.1 Å². The molecule has 1 aromatic rings. The Kier molecular flexibility index (Phi) is 6.96. The Hall–Kier alpha value is 0.420. The van der Waals surface area contributed by atoms with Gasteiger partial charge in [-0.1, -0.05) is 15.9 Å². The molecule has 1 N–H and O–H groups in total. The zero-order valence-corrected chi connectivity index (χ0v) is 13.8. The van der Waals surface area contributed by atoms with Crippen LogP contribution < -0.4 is 5.32 Å². The highest BCUT2D eigenvalue weighted by Crippen LogP contribution is 2.34. The van der Waals surface area contributed by atoms with Gasteiger partial charge in [-0.25, -0.2) is 0 Å². The number of unbranched alkanes of at least 4 members (excludes halogenated alkanes) is 1. The molecular weight excluding hydrogens is 402 g/mol. The van der Waals surface area contributed by atoms with E-state index in [1.807, 2.05) is 12.1 Å². The first-order valence-electron chi connectivity index (χ1n) is 5.02. The van der Waals surface area contributed by atoms with Crippen LogP contribution in [0.1, 0.15) is 12.8 Å². The van der Waals surface area contributed by atoms with Crippen molar-refractivity contribution in [3.63, 3.8) is 0 Å². The lowest BCUT2D eigenvalue weighted by Crippen LogP contribution is -2.04. The van der Waals surface area contributed by atoms with Crippen LogP contribution in [0.2, 0.25) is 0 Å². The summed E-state index contributed by atoms with van der Waals surface area (Å²) in [6, 6.07) is 4.06. The molecule has 0 amide bonds. The Labute approximate surface area is 122 Å². The molecule has 1 rings (SSSR count). The number of benzene rings is 1. The standard InChI is InChI=1S/C11H14Br3NO/c1-16-5-3-2-4-15-11-9(13)6-8(12)7-10(11)14/h6-7,15H,2-5H2,1H3. The van der Waals surface area contributed by atoms with Crippen LogP contribution in [0.25, 0.3) is 0 Å². The number of hydrogen-bond acceptors (Lipinski definition) is 2. The van der Waals surface area contributed by atoms with Crippen LogP contribution in [0.4, 0.5) is 5.69 Å². The van der Waals surface area contributed by atoms with E-state index in [1.165, 1.54) is 0 Å². The third kappa shape index (κ3) is 4.73. The summed E-state index contributed by atoms with van der Waals surface area (Å²) >= 11 is 10.5. The van der Waals surface area contributed by atoms with Crippen LogP contribution in [-0.4, -0.2) is 20.3 Å². The monoisotopic (exact) mass is 413 g/mol. The molecule has 0 saturated carbocycles. The molecule has 0 aliphatic carbocycles. The van der Waals surface area contributed by atoms with Crippen molar-refractivity contribution in [2.75, 3.05) is 25.6 Å². The topological polar surface area (TPSA) is 21.3 Å². The molecule has 0 aliphatic heterocycles. The summed E-state index contributed by atoms with van der Waals surface area (Å²) in [5.41, 5.74) is 1.10. The Morgan fingerprint density at radius 3 is 2.31 bits per heavy atom. The van der Waals surface area contributed by atoms with Gasteiger partial charge in [-0.3, -0.25) is 0 Å². The van der Waals surface area contributed by atoms with Crippen LogP contribution in [0.5, 0.6) is 0 Å². The smallest absolute Gasteiger partial charge is 0.0629 e. The van der Waals surface area contributed by atoms with Crippen molar-refractivity contribution in [3.05, 3.63) is 25.6 Å². The lowest BCUT2D eigenvalue weighted by Gasteiger charge is -2.11. The maximum absolute atomic E-state index is 5.00. The third-order valence-electron chi connectivity index (χ3n) is 2.08. The minimum Gasteiger partial charge on any atom is -0.385 e. The number of rotatable bonds is 6. The molecule has 2 nitrogen and oxygen atoms in total. The van der Waals surface area contributed by atoms with Crippen molar-refractivity contribution in [2.24, 2.45) is 0 Å². The normalized spacial score (nSPS) is 10.5. The number of anilines is 1. The molecule has 16 heavy (non-hydrogen) atoms. The van der Waals surface area contributed by atoms with E-state index in [-0.39, 0.29) is 0 Å². The van der Waals surface area contributed by atoms with E-state index >= 15 is 0 Å². The van der Waals surface area contributed by atoms with Crippen molar-refractivity contribution >= 4 is 53.5 Å². The Bertz CT molecular complexity index is 321. The predicted molar refractivity (Wildman–Crippen MR) is 79.1 cm³/mol. The van der Waals surface area contributed by atoms with E-state index < -0.39 is 0 Å². The fourth-order valence-corrected chi connectivity index (χ4v) is 3.83. The molecule has 0 fully saturated rings. The molecule has 0 heterocycles. The molecule has 0 aromatic heterocycles. The van der Waals surface area contributed by atoms with Crippen molar-refractivity contribution in [3.8, 4) is 0 Å². The molecule has 1 aromatic carbocycles. The summed E-state index contributed by atoms with van der Waals surface area (Å²) in [5.74, 6) is 0. The summed E-state index contributed by atoms with van der Waals surface area (Å²) in [6.45, 7) is 1.77. The maximum atomic E-state index is 5.00. The van der Waals surface area contributed by atoms with Crippen LogP contribution in [0.15, 0.2) is 25.6 Å². The average molecular weight is 416 g/mol. The summed E-state index contributed by atoms with van der Waals surface area (Å²) in [6.07, 6.45) is 2.18. The van der Waals surface area contributed by atoms with Gasteiger partial charge in [-0.05, 0) is 56.8 Å². The molecule has 0 spiro atoms.